The van der Waals surface area contributed by atoms with Crippen LogP contribution in [0.25, 0.3) is 0 Å². The Morgan fingerprint density at radius 3 is 1.45 bits per heavy atom. The lowest BCUT2D eigenvalue weighted by Gasteiger charge is -2.31. The molecule has 2 heterocycles. The summed E-state index contributed by atoms with van der Waals surface area (Å²) in [5, 5.41) is 1.46. The minimum absolute atomic E-state index is 0.512. The topological polar surface area (TPSA) is 0 Å². The van der Waals surface area contributed by atoms with Crippen LogP contribution in [0.2, 0.25) is 0 Å². The number of hydrogen-bond donors (Lipinski definition) is 0. The van der Waals surface area contributed by atoms with Gasteiger partial charge in [-0.2, -0.15) is 0 Å². The first-order chi connectivity index (χ1) is 10.9. The summed E-state index contributed by atoms with van der Waals surface area (Å²) in [5.74, 6) is 0. The van der Waals surface area contributed by atoms with Crippen LogP contribution in [0.5, 0.6) is 0 Å². The van der Waals surface area contributed by atoms with Gasteiger partial charge in [-0.3, -0.25) is 0 Å². The Morgan fingerprint density at radius 2 is 1.05 bits per heavy atom. The third kappa shape index (κ3) is 1.80. The van der Waals surface area contributed by atoms with E-state index in [2.05, 4.69) is 84.2 Å². The standard InChI is InChI=1S/C20H20S2/c1-3-9-15(10-4-1)17-19(21-17)13-7-8-14-20(19)18(22-20)16-11-5-2-6-12-16/h1-6,9-12,17-18H,7-8,13-14H2. The molecule has 4 atom stereocenters. The van der Waals surface area contributed by atoms with Gasteiger partial charge in [-0.1, -0.05) is 73.5 Å². The predicted molar refractivity (Wildman–Crippen MR) is 97.5 cm³/mol. The zero-order valence-corrected chi connectivity index (χ0v) is 14.2. The summed E-state index contributed by atoms with van der Waals surface area (Å²) in [6.07, 6.45) is 5.65. The van der Waals surface area contributed by atoms with Gasteiger partial charge < -0.3 is 0 Å². The smallest absolute Gasteiger partial charge is 0.0486 e. The number of benzene rings is 2. The van der Waals surface area contributed by atoms with Crippen molar-refractivity contribution in [1.82, 2.24) is 0 Å². The zero-order chi connectivity index (χ0) is 14.6. The Kier molecular flexibility index (Phi) is 2.97. The Bertz CT molecular complexity index is 622. The number of fused-ring (bicyclic) bond motifs is 1. The summed E-state index contributed by atoms with van der Waals surface area (Å²) >= 11 is 4.52. The lowest BCUT2D eigenvalue weighted by Crippen LogP contribution is -2.36. The molecule has 0 radical (unpaired) electrons. The minimum atomic E-state index is 0.512. The van der Waals surface area contributed by atoms with Gasteiger partial charge in [0.2, 0.25) is 0 Å². The average Bonchev–Trinajstić information content (AvgIpc) is 3.47. The maximum Gasteiger partial charge on any atom is 0.0486 e. The molecule has 2 spiro atoms. The number of hydrogen-bond acceptors (Lipinski definition) is 2. The number of rotatable bonds is 2. The van der Waals surface area contributed by atoms with Gasteiger partial charge in [0.1, 0.15) is 0 Å². The van der Waals surface area contributed by atoms with Crippen LogP contribution in [0.4, 0.5) is 0 Å². The van der Waals surface area contributed by atoms with E-state index in [0.717, 1.165) is 10.5 Å². The molecular weight excluding hydrogens is 304 g/mol. The lowest BCUT2D eigenvalue weighted by molar-refractivity contribution is 0.365. The van der Waals surface area contributed by atoms with Gasteiger partial charge in [0, 0.05) is 20.0 Å². The fourth-order valence-electron chi connectivity index (χ4n) is 4.50. The summed E-state index contributed by atoms with van der Waals surface area (Å²) in [4.78, 5) is 0. The first-order valence-electron chi connectivity index (χ1n) is 8.31. The van der Waals surface area contributed by atoms with E-state index in [1.54, 1.807) is 11.1 Å². The molecule has 22 heavy (non-hydrogen) atoms. The molecule has 2 aromatic rings. The third-order valence-electron chi connectivity index (χ3n) is 5.66. The van der Waals surface area contributed by atoms with E-state index in [1.807, 2.05) is 0 Å². The van der Waals surface area contributed by atoms with Crippen LogP contribution < -0.4 is 0 Å². The number of thioether (sulfide) groups is 2. The quantitative estimate of drug-likeness (QED) is 0.620. The summed E-state index contributed by atoms with van der Waals surface area (Å²) in [6, 6.07) is 22.4. The molecule has 4 unspecified atom stereocenters. The van der Waals surface area contributed by atoms with Crippen molar-refractivity contribution in [2.24, 2.45) is 0 Å². The van der Waals surface area contributed by atoms with Gasteiger partial charge in [0.25, 0.3) is 0 Å². The summed E-state index contributed by atoms with van der Waals surface area (Å²) in [6.45, 7) is 0. The highest BCUT2D eigenvalue weighted by atomic mass is 32.2. The summed E-state index contributed by atoms with van der Waals surface area (Å²) < 4.78 is 1.02. The van der Waals surface area contributed by atoms with Crippen molar-refractivity contribution in [3.05, 3.63) is 71.8 Å². The van der Waals surface area contributed by atoms with E-state index in [-0.39, 0.29) is 0 Å². The monoisotopic (exact) mass is 324 g/mol. The van der Waals surface area contributed by atoms with Gasteiger partial charge in [0.05, 0.1) is 0 Å². The van der Waals surface area contributed by atoms with E-state index in [9.17, 15) is 0 Å². The van der Waals surface area contributed by atoms with Crippen LogP contribution in [0.1, 0.15) is 47.3 Å². The van der Waals surface area contributed by atoms with Crippen molar-refractivity contribution in [2.45, 2.75) is 45.7 Å². The predicted octanol–water partition coefficient (Wildman–Crippen LogP) is 6.01. The van der Waals surface area contributed by atoms with Crippen LogP contribution in [-0.2, 0) is 0 Å². The highest BCUT2D eigenvalue weighted by molar-refractivity contribution is 8.13. The van der Waals surface area contributed by atoms with Crippen LogP contribution in [0.15, 0.2) is 60.7 Å². The molecule has 5 rings (SSSR count). The van der Waals surface area contributed by atoms with Crippen LogP contribution in [0.3, 0.4) is 0 Å². The fraction of sp³-hybridized carbons (Fsp3) is 0.400. The molecular formula is C20H20S2. The van der Waals surface area contributed by atoms with E-state index in [0.29, 0.717) is 9.49 Å². The average molecular weight is 325 g/mol. The van der Waals surface area contributed by atoms with Crippen molar-refractivity contribution >= 4 is 23.5 Å². The third-order valence-corrected chi connectivity index (χ3v) is 9.55. The second-order valence-corrected chi connectivity index (χ2v) is 9.67. The Labute approximate surface area is 141 Å². The van der Waals surface area contributed by atoms with Gasteiger partial charge in [-0.05, 0) is 24.0 Å². The molecule has 2 aliphatic heterocycles. The first-order valence-corrected chi connectivity index (χ1v) is 10.1. The molecule has 2 aromatic carbocycles. The molecule has 2 saturated heterocycles. The van der Waals surface area contributed by atoms with Gasteiger partial charge in [0.15, 0.2) is 0 Å². The van der Waals surface area contributed by atoms with Crippen molar-refractivity contribution in [1.29, 1.82) is 0 Å². The zero-order valence-electron chi connectivity index (χ0n) is 12.6. The van der Waals surface area contributed by atoms with Crippen molar-refractivity contribution in [3.63, 3.8) is 0 Å². The first kappa shape index (κ1) is 13.6. The molecule has 2 heteroatoms. The largest absolute Gasteiger partial charge is 0.142 e. The molecule has 0 amide bonds. The lowest BCUT2D eigenvalue weighted by atomic mass is 9.73. The highest BCUT2D eigenvalue weighted by Gasteiger charge is 2.78. The molecule has 3 aliphatic rings. The van der Waals surface area contributed by atoms with Crippen molar-refractivity contribution in [3.8, 4) is 0 Å². The van der Waals surface area contributed by atoms with E-state index in [1.165, 1.54) is 25.7 Å². The minimum Gasteiger partial charge on any atom is -0.142 e. The second kappa shape index (κ2) is 4.82. The van der Waals surface area contributed by atoms with Gasteiger partial charge in [-0.25, -0.2) is 0 Å². The molecule has 0 N–H and O–H groups in total. The van der Waals surface area contributed by atoms with Crippen LogP contribution in [0, 0.1) is 0 Å². The SMILES string of the molecule is c1ccc(C2SC23CCCCC32SC2c2ccccc2)cc1. The molecule has 1 saturated carbocycles. The van der Waals surface area contributed by atoms with Gasteiger partial charge in [-0.15, -0.1) is 23.5 Å². The maximum atomic E-state index is 2.33. The van der Waals surface area contributed by atoms with E-state index in [4.69, 9.17) is 0 Å². The molecule has 0 nitrogen and oxygen atoms in total. The highest BCUT2D eigenvalue weighted by Crippen LogP contribution is 2.87. The Morgan fingerprint density at radius 1 is 0.636 bits per heavy atom. The van der Waals surface area contributed by atoms with E-state index < -0.39 is 0 Å². The molecule has 0 bridgehead atoms. The second-order valence-electron chi connectivity index (χ2n) is 6.80. The van der Waals surface area contributed by atoms with Crippen molar-refractivity contribution < 1.29 is 0 Å². The Hall–Kier alpha value is -0.860. The van der Waals surface area contributed by atoms with Gasteiger partial charge >= 0.3 is 0 Å². The summed E-state index contributed by atoms with van der Waals surface area (Å²) in [7, 11) is 0. The van der Waals surface area contributed by atoms with E-state index >= 15 is 0 Å². The molecule has 1 aliphatic carbocycles. The maximum absolute atomic E-state index is 2.33. The van der Waals surface area contributed by atoms with Crippen molar-refractivity contribution in [2.75, 3.05) is 0 Å². The molecule has 0 aromatic heterocycles. The van der Waals surface area contributed by atoms with Crippen LogP contribution >= 0.6 is 23.5 Å². The Balaban J connectivity index is 1.49. The summed E-state index contributed by atoms with van der Waals surface area (Å²) in [5.41, 5.74) is 3.10. The van der Waals surface area contributed by atoms with Crippen LogP contribution in [-0.4, -0.2) is 9.49 Å². The molecule has 112 valence electrons. The fourth-order valence-corrected chi connectivity index (χ4v) is 8.53. The molecule has 3 fully saturated rings. The normalized spacial score (nSPS) is 39.1.